The number of hydrogen-bond donors (Lipinski definition) is 1. The lowest BCUT2D eigenvalue weighted by atomic mass is 10.0. The Bertz CT molecular complexity index is 308. The maximum Gasteiger partial charge on any atom is 0.126 e. The first-order chi connectivity index (χ1) is 7.02. The SMILES string of the molecule is COC(C)CC(O)c1cc(F)cc(F)c1. The molecule has 0 radical (unpaired) electrons. The van der Waals surface area contributed by atoms with Crippen molar-refractivity contribution in [1.82, 2.24) is 0 Å². The first-order valence-corrected chi connectivity index (χ1v) is 4.69. The Kier molecular flexibility index (Phi) is 4.17. The van der Waals surface area contributed by atoms with Crippen LogP contribution in [0.1, 0.15) is 25.0 Å². The van der Waals surface area contributed by atoms with Crippen LogP contribution in [0.3, 0.4) is 0 Å². The van der Waals surface area contributed by atoms with Crippen molar-refractivity contribution in [3.63, 3.8) is 0 Å². The molecule has 1 rings (SSSR count). The van der Waals surface area contributed by atoms with Crippen molar-refractivity contribution in [2.75, 3.05) is 7.11 Å². The molecule has 0 saturated carbocycles. The molecular weight excluding hydrogens is 202 g/mol. The monoisotopic (exact) mass is 216 g/mol. The van der Waals surface area contributed by atoms with E-state index in [2.05, 4.69) is 0 Å². The van der Waals surface area contributed by atoms with Gasteiger partial charge in [-0.15, -0.1) is 0 Å². The van der Waals surface area contributed by atoms with Gasteiger partial charge in [0.25, 0.3) is 0 Å². The van der Waals surface area contributed by atoms with E-state index >= 15 is 0 Å². The Hall–Kier alpha value is -1.00. The fourth-order valence-electron chi connectivity index (χ4n) is 1.31. The zero-order chi connectivity index (χ0) is 11.4. The van der Waals surface area contributed by atoms with E-state index < -0.39 is 17.7 Å². The maximum absolute atomic E-state index is 12.8. The summed E-state index contributed by atoms with van der Waals surface area (Å²) in [4.78, 5) is 0. The lowest BCUT2D eigenvalue weighted by molar-refractivity contribution is 0.0557. The minimum atomic E-state index is -0.912. The molecule has 0 bridgehead atoms. The minimum absolute atomic E-state index is 0.161. The number of aliphatic hydroxyl groups is 1. The summed E-state index contributed by atoms with van der Waals surface area (Å²) in [7, 11) is 1.52. The molecule has 0 aliphatic heterocycles. The van der Waals surface area contributed by atoms with Gasteiger partial charge in [0.2, 0.25) is 0 Å². The van der Waals surface area contributed by atoms with Crippen molar-refractivity contribution < 1.29 is 18.6 Å². The van der Waals surface area contributed by atoms with Gasteiger partial charge in [0, 0.05) is 19.6 Å². The second-order valence-corrected chi connectivity index (χ2v) is 3.50. The van der Waals surface area contributed by atoms with Crippen molar-refractivity contribution in [3.05, 3.63) is 35.4 Å². The summed E-state index contributed by atoms with van der Waals surface area (Å²) in [5.41, 5.74) is 0.233. The molecule has 0 aliphatic carbocycles. The van der Waals surface area contributed by atoms with Crippen LogP contribution in [0, 0.1) is 11.6 Å². The largest absolute Gasteiger partial charge is 0.388 e. The summed E-state index contributed by atoms with van der Waals surface area (Å²) in [6, 6.07) is 3.02. The molecule has 1 aromatic carbocycles. The second kappa shape index (κ2) is 5.19. The van der Waals surface area contributed by atoms with E-state index in [1.165, 1.54) is 7.11 Å². The number of ether oxygens (including phenoxy) is 1. The van der Waals surface area contributed by atoms with Crippen molar-refractivity contribution in [1.29, 1.82) is 0 Å². The highest BCUT2D eigenvalue weighted by Gasteiger charge is 2.13. The van der Waals surface area contributed by atoms with Gasteiger partial charge in [0.05, 0.1) is 12.2 Å². The summed E-state index contributed by atoms with van der Waals surface area (Å²) >= 11 is 0. The van der Waals surface area contributed by atoms with E-state index in [9.17, 15) is 13.9 Å². The molecule has 0 spiro atoms. The molecular formula is C11H14F2O2. The molecule has 1 N–H and O–H groups in total. The third-order valence-corrected chi connectivity index (χ3v) is 2.23. The molecule has 2 atom stereocenters. The van der Waals surface area contributed by atoms with Crippen LogP contribution < -0.4 is 0 Å². The van der Waals surface area contributed by atoms with Crippen molar-refractivity contribution in [3.8, 4) is 0 Å². The maximum atomic E-state index is 12.8. The molecule has 0 fully saturated rings. The van der Waals surface area contributed by atoms with Gasteiger partial charge in [0.15, 0.2) is 0 Å². The predicted octanol–water partition coefficient (Wildman–Crippen LogP) is 2.42. The molecule has 4 heteroatoms. The fraction of sp³-hybridized carbons (Fsp3) is 0.455. The first kappa shape index (κ1) is 12.1. The number of rotatable bonds is 4. The second-order valence-electron chi connectivity index (χ2n) is 3.50. The van der Waals surface area contributed by atoms with E-state index in [0.717, 1.165) is 18.2 Å². The lowest BCUT2D eigenvalue weighted by Crippen LogP contribution is -2.11. The smallest absolute Gasteiger partial charge is 0.126 e. The van der Waals surface area contributed by atoms with Crippen LogP contribution in [-0.2, 0) is 4.74 Å². The summed E-state index contributed by atoms with van der Waals surface area (Å²) in [5.74, 6) is -1.37. The highest BCUT2D eigenvalue weighted by atomic mass is 19.1. The van der Waals surface area contributed by atoms with Gasteiger partial charge < -0.3 is 9.84 Å². The highest BCUT2D eigenvalue weighted by Crippen LogP contribution is 2.21. The van der Waals surface area contributed by atoms with Crippen molar-refractivity contribution in [2.24, 2.45) is 0 Å². The Balaban J connectivity index is 2.77. The third-order valence-electron chi connectivity index (χ3n) is 2.23. The number of hydrogen-bond acceptors (Lipinski definition) is 2. The normalized spacial score (nSPS) is 15.0. The fourth-order valence-corrected chi connectivity index (χ4v) is 1.31. The van der Waals surface area contributed by atoms with E-state index in [-0.39, 0.29) is 11.7 Å². The van der Waals surface area contributed by atoms with Gasteiger partial charge in [-0.3, -0.25) is 0 Å². The molecule has 1 aromatic rings. The van der Waals surface area contributed by atoms with Crippen LogP contribution in [0.5, 0.6) is 0 Å². The van der Waals surface area contributed by atoms with E-state index in [4.69, 9.17) is 4.74 Å². The molecule has 0 saturated heterocycles. The van der Waals surface area contributed by atoms with Crippen LogP contribution in [0.4, 0.5) is 8.78 Å². The van der Waals surface area contributed by atoms with Gasteiger partial charge in [-0.1, -0.05) is 0 Å². The van der Waals surface area contributed by atoms with E-state index in [1.54, 1.807) is 6.92 Å². The van der Waals surface area contributed by atoms with Gasteiger partial charge in [-0.05, 0) is 24.6 Å². The summed E-state index contributed by atoms with van der Waals surface area (Å²) in [6.07, 6.45) is -0.768. The zero-order valence-electron chi connectivity index (χ0n) is 8.71. The van der Waals surface area contributed by atoms with Crippen LogP contribution in [0.2, 0.25) is 0 Å². The van der Waals surface area contributed by atoms with Crippen molar-refractivity contribution in [2.45, 2.75) is 25.6 Å². The Morgan fingerprint density at radius 3 is 2.27 bits per heavy atom. The van der Waals surface area contributed by atoms with Gasteiger partial charge in [-0.25, -0.2) is 8.78 Å². The van der Waals surface area contributed by atoms with E-state index in [1.807, 2.05) is 0 Å². The Morgan fingerprint density at radius 2 is 1.80 bits per heavy atom. The first-order valence-electron chi connectivity index (χ1n) is 4.69. The summed E-state index contributed by atoms with van der Waals surface area (Å²) in [6.45, 7) is 1.78. The van der Waals surface area contributed by atoms with E-state index in [0.29, 0.717) is 6.42 Å². The molecule has 0 heterocycles. The molecule has 0 aromatic heterocycles. The van der Waals surface area contributed by atoms with Gasteiger partial charge in [0.1, 0.15) is 11.6 Å². The van der Waals surface area contributed by atoms with Gasteiger partial charge >= 0.3 is 0 Å². The standard InChI is InChI=1S/C11H14F2O2/c1-7(15-2)3-11(14)8-4-9(12)6-10(13)5-8/h4-7,11,14H,3H2,1-2H3. The zero-order valence-corrected chi connectivity index (χ0v) is 8.71. The number of benzene rings is 1. The summed E-state index contributed by atoms with van der Waals surface area (Å²) < 4.78 is 30.6. The van der Waals surface area contributed by atoms with Gasteiger partial charge in [-0.2, -0.15) is 0 Å². The minimum Gasteiger partial charge on any atom is -0.388 e. The third kappa shape index (κ3) is 3.57. The van der Waals surface area contributed by atoms with Crippen molar-refractivity contribution >= 4 is 0 Å². The predicted molar refractivity (Wildman–Crippen MR) is 52.4 cm³/mol. The highest BCUT2D eigenvalue weighted by molar-refractivity contribution is 5.20. The van der Waals surface area contributed by atoms with Crippen LogP contribution in [0.25, 0.3) is 0 Å². The topological polar surface area (TPSA) is 29.5 Å². The lowest BCUT2D eigenvalue weighted by Gasteiger charge is -2.15. The number of methoxy groups -OCH3 is 1. The average molecular weight is 216 g/mol. The quantitative estimate of drug-likeness (QED) is 0.837. The Labute approximate surface area is 87.5 Å². The van der Waals surface area contributed by atoms with Crippen LogP contribution in [0.15, 0.2) is 18.2 Å². The van der Waals surface area contributed by atoms with Crippen LogP contribution in [-0.4, -0.2) is 18.3 Å². The molecule has 0 amide bonds. The molecule has 84 valence electrons. The Morgan fingerprint density at radius 1 is 1.27 bits per heavy atom. The number of aliphatic hydroxyl groups excluding tert-OH is 1. The molecule has 0 aliphatic rings. The number of halogens is 2. The molecule has 2 unspecified atom stereocenters. The van der Waals surface area contributed by atoms with Crippen LogP contribution >= 0.6 is 0 Å². The average Bonchev–Trinajstić information content (AvgIpc) is 2.16. The molecule has 15 heavy (non-hydrogen) atoms. The molecule has 2 nitrogen and oxygen atoms in total. The summed E-state index contributed by atoms with van der Waals surface area (Å²) in [5, 5.41) is 9.66.